The van der Waals surface area contributed by atoms with E-state index in [1.54, 1.807) is 31.2 Å². The number of benzene rings is 1. The summed E-state index contributed by atoms with van der Waals surface area (Å²) in [6.45, 7) is 5.59. The molecule has 0 aliphatic heterocycles. The molecule has 0 saturated carbocycles. The largest absolute Gasteiger partial charge is 0.481 e. The fourth-order valence-electron chi connectivity index (χ4n) is 2.01. The van der Waals surface area contributed by atoms with Gasteiger partial charge >= 0.3 is 5.97 Å². The van der Waals surface area contributed by atoms with Gasteiger partial charge in [-0.3, -0.25) is 9.59 Å². The van der Waals surface area contributed by atoms with E-state index < -0.39 is 18.0 Å². The van der Waals surface area contributed by atoms with Crippen molar-refractivity contribution < 1.29 is 19.4 Å². The number of aliphatic carboxylic acids is 1. The van der Waals surface area contributed by atoms with Gasteiger partial charge in [-0.2, -0.15) is 0 Å². The predicted octanol–water partition coefficient (Wildman–Crippen LogP) is 2.97. The SMILES string of the molecule is CC(C)CC(CNC(=O)C(C)Oc1cccc(Cl)c1)C(=O)O. The van der Waals surface area contributed by atoms with Crippen LogP contribution in [0.15, 0.2) is 24.3 Å². The van der Waals surface area contributed by atoms with Crippen LogP contribution >= 0.6 is 11.6 Å². The lowest BCUT2D eigenvalue weighted by atomic mass is 9.97. The number of carboxylic acid groups (broad SMARTS) is 1. The number of halogens is 1. The molecule has 0 saturated heterocycles. The van der Waals surface area contributed by atoms with E-state index in [0.29, 0.717) is 17.2 Å². The first-order chi connectivity index (χ1) is 10.3. The third kappa shape index (κ3) is 6.35. The Bertz CT molecular complexity index is 519. The summed E-state index contributed by atoms with van der Waals surface area (Å²) < 4.78 is 5.49. The van der Waals surface area contributed by atoms with Crippen molar-refractivity contribution in [2.45, 2.75) is 33.3 Å². The molecule has 2 N–H and O–H groups in total. The highest BCUT2D eigenvalue weighted by Crippen LogP contribution is 2.18. The Balaban J connectivity index is 2.51. The standard InChI is InChI=1S/C16H22ClNO4/c1-10(2)7-12(16(20)21)9-18-15(19)11(3)22-14-6-4-5-13(17)8-14/h4-6,8,10-12H,7,9H2,1-3H3,(H,18,19)(H,20,21). The summed E-state index contributed by atoms with van der Waals surface area (Å²) in [5.41, 5.74) is 0. The first-order valence-corrected chi connectivity index (χ1v) is 7.60. The van der Waals surface area contributed by atoms with Gasteiger partial charge in [-0.25, -0.2) is 0 Å². The van der Waals surface area contributed by atoms with Crippen molar-refractivity contribution in [2.24, 2.45) is 11.8 Å². The maximum atomic E-state index is 12.0. The van der Waals surface area contributed by atoms with E-state index in [1.807, 2.05) is 13.8 Å². The zero-order chi connectivity index (χ0) is 16.7. The normalized spacial score (nSPS) is 13.5. The van der Waals surface area contributed by atoms with Gasteiger partial charge < -0.3 is 15.2 Å². The summed E-state index contributed by atoms with van der Waals surface area (Å²) in [4.78, 5) is 23.1. The third-order valence-corrected chi connectivity index (χ3v) is 3.34. The highest BCUT2D eigenvalue weighted by Gasteiger charge is 2.22. The maximum Gasteiger partial charge on any atom is 0.308 e. The number of ether oxygens (including phenoxy) is 1. The van der Waals surface area contributed by atoms with Gasteiger partial charge in [0.15, 0.2) is 6.10 Å². The lowest BCUT2D eigenvalue weighted by Gasteiger charge is -2.18. The highest BCUT2D eigenvalue weighted by atomic mass is 35.5. The van der Waals surface area contributed by atoms with Crippen LogP contribution in [-0.2, 0) is 9.59 Å². The third-order valence-electron chi connectivity index (χ3n) is 3.11. The van der Waals surface area contributed by atoms with Crippen LogP contribution in [0.3, 0.4) is 0 Å². The predicted molar refractivity (Wildman–Crippen MR) is 85.1 cm³/mol. The minimum atomic E-state index is -0.905. The number of carbonyl (C=O) groups excluding carboxylic acids is 1. The number of carbonyl (C=O) groups is 2. The number of amides is 1. The summed E-state index contributed by atoms with van der Waals surface area (Å²) in [5.74, 6) is -1.11. The summed E-state index contributed by atoms with van der Waals surface area (Å²) in [5, 5.41) is 12.3. The van der Waals surface area contributed by atoms with Crippen molar-refractivity contribution >= 4 is 23.5 Å². The molecule has 0 aliphatic carbocycles. The first-order valence-electron chi connectivity index (χ1n) is 7.22. The van der Waals surface area contributed by atoms with Gasteiger partial charge in [0.2, 0.25) is 0 Å². The van der Waals surface area contributed by atoms with Crippen LogP contribution in [0.4, 0.5) is 0 Å². The minimum Gasteiger partial charge on any atom is -0.481 e. The molecule has 0 aromatic heterocycles. The zero-order valence-electron chi connectivity index (χ0n) is 13.0. The van der Waals surface area contributed by atoms with Crippen molar-refractivity contribution in [3.8, 4) is 5.75 Å². The molecule has 1 aromatic carbocycles. The van der Waals surface area contributed by atoms with E-state index in [0.717, 1.165) is 0 Å². The van der Waals surface area contributed by atoms with Crippen molar-refractivity contribution in [2.75, 3.05) is 6.54 Å². The van der Waals surface area contributed by atoms with E-state index in [-0.39, 0.29) is 18.4 Å². The molecule has 0 bridgehead atoms. The van der Waals surface area contributed by atoms with Crippen LogP contribution < -0.4 is 10.1 Å². The van der Waals surface area contributed by atoms with Crippen LogP contribution in [-0.4, -0.2) is 29.6 Å². The minimum absolute atomic E-state index is 0.0928. The van der Waals surface area contributed by atoms with E-state index in [1.165, 1.54) is 0 Å². The molecule has 0 heterocycles. The molecule has 0 fully saturated rings. The number of rotatable bonds is 8. The average Bonchev–Trinajstić information content (AvgIpc) is 2.42. The molecule has 1 rings (SSSR count). The van der Waals surface area contributed by atoms with Gasteiger partial charge in [0.05, 0.1) is 5.92 Å². The number of hydrogen-bond acceptors (Lipinski definition) is 3. The summed E-state index contributed by atoms with van der Waals surface area (Å²) in [6.07, 6.45) is -0.217. The quantitative estimate of drug-likeness (QED) is 0.769. The van der Waals surface area contributed by atoms with Crippen molar-refractivity contribution in [1.82, 2.24) is 5.32 Å². The van der Waals surface area contributed by atoms with Crippen LogP contribution in [0.2, 0.25) is 5.02 Å². The van der Waals surface area contributed by atoms with Gasteiger partial charge in [0.25, 0.3) is 5.91 Å². The number of hydrogen-bond donors (Lipinski definition) is 2. The van der Waals surface area contributed by atoms with E-state index in [9.17, 15) is 9.59 Å². The molecular formula is C16H22ClNO4. The van der Waals surface area contributed by atoms with Gasteiger partial charge in [0.1, 0.15) is 5.75 Å². The van der Waals surface area contributed by atoms with Crippen LogP contribution in [0.5, 0.6) is 5.75 Å². The Morgan fingerprint density at radius 2 is 2.00 bits per heavy atom. The fourth-order valence-corrected chi connectivity index (χ4v) is 2.19. The molecule has 0 spiro atoms. The van der Waals surface area contributed by atoms with Crippen molar-refractivity contribution in [3.63, 3.8) is 0 Å². The van der Waals surface area contributed by atoms with Crippen LogP contribution in [0.25, 0.3) is 0 Å². The average molecular weight is 328 g/mol. The smallest absolute Gasteiger partial charge is 0.308 e. The Morgan fingerprint density at radius 1 is 1.32 bits per heavy atom. The topological polar surface area (TPSA) is 75.6 Å². The second kappa shape index (κ2) is 8.63. The van der Waals surface area contributed by atoms with Gasteiger partial charge in [-0.1, -0.05) is 31.5 Å². The first kappa shape index (κ1) is 18.3. The van der Waals surface area contributed by atoms with Crippen molar-refractivity contribution in [3.05, 3.63) is 29.3 Å². The molecule has 0 radical (unpaired) electrons. The van der Waals surface area contributed by atoms with Crippen molar-refractivity contribution in [1.29, 1.82) is 0 Å². The Hall–Kier alpha value is -1.75. The second-order valence-corrected chi connectivity index (χ2v) is 6.06. The van der Waals surface area contributed by atoms with E-state index >= 15 is 0 Å². The summed E-state index contributed by atoms with van der Waals surface area (Å²) in [7, 11) is 0. The molecule has 1 aromatic rings. The Kier molecular flexibility index (Phi) is 7.18. The Morgan fingerprint density at radius 3 is 2.55 bits per heavy atom. The molecule has 22 heavy (non-hydrogen) atoms. The van der Waals surface area contributed by atoms with Gasteiger partial charge in [-0.05, 0) is 37.5 Å². The molecule has 2 unspecified atom stereocenters. The van der Waals surface area contributed by atoms with Crippen LogP contribution in [0.1, 0.15) is 27.2 Å². The molecule has 122 valence electrons. The number of nitrogens with one attached hydrogen (secondary N) is 1. The molecular weight excluding hydrogens is 306 g/mol. The molecule has 0 aliphatic rings. The summed E-state index contributed by atoms with van der Waals surface area (Å²) >= 11 is 5.85. The molecule has 1 amide bonds. The Labute approximate surface area is 135 Å². The highest BCUT2D eigenvalue weighted by molar-refractivity contribution is 6.30. The van der Waals surface area contributed by atoms with Gasteiger partial charge in [-0.15, -0.1) is 0 Å². The maximum absolute atomic E-state index is 12.0. The lowest BCUT2D eigenvalue weighted by Crippen LogP contribution is -2.40. The van der Waals surface area contributed by atoms with E-state index in [2.05, 4.69) is 5.32 Å². The summed E-state index contributed by atoms with van der Waals surface area (Å²) in [6, 6.07) is 6.76. The zero-order valence-corrected chi connectivity index (χ0v) is 13.8. The number of carboxylic acids is 1. The monoisotopic (exact) mass is 327 g/mol. The second-order valence-electron chi connectivity index (χ2n) is 5.63. The molecule has 6 heteroatoms. The van der Waals surface area contributed by atoms with Gasteiger partial charge in [0, 0.05) is 11.6 Å². The lowest BCUT2D eigenvalue weighted by molar-refractivity contribution is -0.142. The van der Waals surface area contributed by atoms with E-state index in [4.69, 9.17) is 21.4 Å². The molecule has 2 atom stereocenters. The van der Waals surface area contributed by atoms with Crippen LogP contribution in [0, 0.1) is 11.8 Å². The fraction of sp³-hybridized carbons (Fsp3) is 0.500. The molecule has 5 nitrogen and oxygen atoms in total.